The molecule has 0 radical (unpaired) electrons. The minimum atomic E-state index is -0.715. The van der Waals surface area contributed by atoms with Gasteiger partial charge in [-0.3, -0.25) is 19.7 Å². The van der Waals surface area contributed by atoms with Gasteiger partial charge in [0.05, 0.1) is 28.3 Å². The molecule has 0 aliphatic rings. The van der Waals surface area contributed by atoms with Crippen molar-refractivity contribution in [2.24, 2.45) is 5.10 Å². The van der Waals surface area contributed by atoms with Crippen molar-refractivity contribution in [2.45, 2.75) is 6.92 Å². The fourth-order valence-corrected chi connectivity index (χ4v) is 6.11. The van der Waals surface area contributed by atoms with Gasteiger partial charge < -0.3 is 14.8 Å². The van der Waals surface area contributed by atoms with E-state index >= 15 is 0 Å². The molecule has 46 heavy (non-hydrogen) atoms. The van der Waals surface area contributed by atoms with Crippen molar-refractivity contribution >= 4 is 84.3 Å². The Labute approximate surface area is 279 Å². The Morgan fingerprint density at radius 3 is 2.37 bits per heavy atom. The second-order valence-electron chi connectivity index (χ2n) is 9.45. The summed E-state index contributed by atoms with van der Waals surface area (Å²) < 4.78 is 12.8. The number of ether oxygens (including phenoxy) is 2. The van der Waals surface area contributed by atoms with Crippen LogP contribution in [-0.4, -0.2) is 35.5 Å². The zero-order valence-electron chi connectivity index (χ0n) is 23.8. The molecule has 2 amide bonds. The van der Waals surface area contributed by atoms with Crippen molar-refractivity contribution in [1.82, 2.24) is 5.43 Å². The Morgan fingerprint density at radius 2 is 1.67 bits per heavy atom. The highest BCUT2D eigenvalue weighted by molar-refractivity contribution is 9.10. The number of thiophene rings is 1. The number of non-ortho nitro benzene ring substituents is 1. The molecule has 5 rings (SSSR count). The average molecular weight is 722 g/mol. The summed E-state index contributed by atoms with van der Waals surface area (Å²) in [7, 11) is 0. The number of nitrogens with zero attached hydrogens (tertiary/aromatic N) is 2. The standard InChI is InChI=1S/C32H22BrClN4O7S/c1-2-44-26-15-18(3-14-25(26)45-32(41)20-6-11-23(12-7-20)38(42)43)17-35-37-30(39)19-4-9-22(10-5-19)36-31(40)29-28(34)24-13-8-21(33)16-27(24)46-29/h3-17H,2H2,1H3,(H,36,40)(H,37,39)/b35-17-. The highest BCUT2D eigenvalue weighted by Crippen LogP contribution is 2.37. The van der Waals surface area contributed by atoms with Crippen LogP contribution in [0.15, 0.2) is 94.5 Å². The van der Waals surface area contributed by atoms with Crippen molar-refractivity contribution in [3.8, 4) is 11.5 Å². The fourth-order valence-electron chi connectivity index (χ4n) is 4.14. The van der Waals surface area contributed by atoms with Gasteiger partial charge in [-0.15, -0.1) is 11.3 Å². The first kappa shape index (κ1) is 32.3. The van der Waals surface area contributed by atoms with E-state index in [1.807, 2.05) is 18.2 Å². The number of carbonyl (C=O) groups is 3. The minimum Gasteiger partial charge on any atom is -0.490 e. The van der Waals surface area contributed by atoms with Crippen molar-refractivity contribution in [3.05, 3.63) is 126 Å². The number of hydrogen-bond acceptors (Lipinski definition) is 9. The van der Waals surface area contributed by atoms with Gasteiger partial charge >= 0.3 is 5.97 Å². The highest BCUT2D eigenvalue weighted by atomic mass is 79.9. The smallest absolute Gasteiger partial charge is 0.343 e. The Kier molecular flexibility index (Phi) is 10.1. The molecular weight excluding hydrogens is 700 g/mol. The molecule has 0 aliphatic carbocycles. The number of esters is 1. The molecule has 14 heteroatoms. The Bertz CT molecular complexity index is 2000. The zero-order valence-corrected chi connectivity index (χ0v) is 26.9. The third kappa shape index (κ3) is 7.57. The maximum atomic E-state index is 12.9. The lowest BCUT2D eigenvalue weighted by atomic mass is 10.2. The van der Waals surface area contributed by atoms with Crippen LogP contribution in [0.4, 0.5) is 11.4 Å². The number of rotatable bonds is 10. The molecule has 1 aromatic heterocycles. The summed E-state index contributed by atoms with van der Waals surface area (Å²) in [5, 5.41) is 18.8. The highest BCUT2D eigenvalue weighted by Gasteiger charge is 2.18. The van der Waals surface area contributed by atoms with Crippen LogP contribution >= 0.6 is 38.9 Å². The van der Waals surface area contributed by atoms with E-state index in [2.05, 4.69) is 31.8 Å². The lowest BCUT2D eigenvalue weighted by molar-refractivity contribution is -0.384. The number of nitro benzene ring substituents is 1. The van der Waals surface area contributed by atoms with Crippen LogP contribution in [0.3, 0.4) is 0 Å². The maximum Gasteiger partial charge on any atom is 0.343 e. The molecule has 0 saturated carbocycles. The molecule has 0 atom stereocenters. The molecule has 232 valence electrons. The van der Waals surface area contributed by atoms with E-state index < -0.39 is 16.8 Å². The number of hydrogen-bond donors (Lipinski definition) is 2. The van der Waals surface area contributed by atoms with Crippen LogP contribution in [0, 0.1) is 10.1 Å². The van der Waals surface area contributed by atoms with Crippen molar-refractivity contribution < 1.29 is 28.8 Å². The summed E-state index contributed by atoms with van der Waals surface area (Å²) >= 11 is 11.1. The predicted octanol–water partition coefficient (Wildman–Crippen LogP) is 7.86. The van der Waals surface area contributed by atoms with Gasteiger partial charge in [-0.1, -0.05) is 33.6 Å². The van der Waals surface area contributed by atoms with Gasteiger partial charge in [0.1, 0.15) is 4.88 Å². The molecule has 0 bridgehead atoms. The van der Waals surface area contributed by atoms with E-state index in [1.165, 1.54) is 47.9 Å². The van der Waals surface area contributed by atoms with Crippen molar-refractivity contribution in [1.29, 1.82) is 0 Å². The van der Waals surface area contributed by atoms with Gasteiger partial charge in [0.2, 0.25) is 0 Å². The third-order valence-electron chi connectivity index (χ3n) is 6.37. The second-order valence-corrected chi connectivity index (χ2v) is 11.8. The van der Waals surface area contributed by atoms with Crippen LogP contribution < -0.4 is 20.2 Å². The molecular formula is C32H22BrClN4O7S. The average Bonchev–Trinajstić information content (AvgIpc) is 3.37. The lowest BCUT2D eigenvalue weighted by Gasteiger charge is -2.11. The Balaban J connectivity index is 1.19. The summed E-state index contributed by atoms with van der Waals surface area (Å²) in [6.07, 6.45) is 1.39. The van der Waals surface area contributed by atoms with Crippen LogP contribution in [0.25, 0.3) is 10.1 Å². The molecule has 1 heterocycles. The first-order chi connectivity index (χ1) is 22.1. The zero-order chi connectivity index (χ0) is 32.8. The van der Waals surface area contributed by atoms with E-state index in [0.29, 0.717) is 26.7 Å². The molecule has 0 saturated heterocycles. The minimum absolute atomic E-state index is 0.130. The van der Waals surface area contributed by atoms with Crippen LogP contribution in [-0.2, 0) is 0 Å². The summed E-state index contributed by atoms with van der Waals surface area (Å²) in [5.41, 5.74) is 3.76. The van der Waals surface area contributed by atoms with Gasteiger partial charge in [0.15, 0.2) is 11.5 Å². The number of nitrogens with one attached hydrogen (secondary N) is 2. The quantitative estimate of drug-likeness (QED) is 0.0490. The van der Waals surface area contributed by atoms with E-state index in [1.54, 1.807) is 43.3 Å². The maximum absolute atomic E-state index is 12.9. The van der Waals surface area contributed by atoms with Crippen molar-refractivity contribution in [2.75, 3.05) is 11.9 Å². The van der Waals surface area contributed by atoms with E-state index in [9.17, 15) is 24.5 Å². The Morgan fingerprint density at radius 1 is 0.957 bits per heavy atom. The molecule has 0 aliphatic heterocycles. The normalized spacial score (nSPS) is 10.9. The number of amides is 2. The third-order valence-corrected chi connectivity index (χ3v) is 8.52. The summed E-state index contributed by atoms with van der Waals surface area (Å²) in [6.45, 7) is 2.04. The molecule has 4 aromatic carbocycles. The number of carbonyl (C=O) groups excluding carboxylic acids is 3. The first-order valence-corrected chi connectivity index (χ1v) is 15.5. The van der Waals surface area contributed by atoms with Gasteiger partial charge in [-0.25, -0.2) is 10.2 Å². The molecule has 2 N–H and O–H groups in total. The van der Waals surface area contributed by atoms with Crippen LogP contribution in [0.1, 0.15) is 42.9 Å². The molecule has 0 fully saturated rings. The molecule has 0 unspecified atom stereocenters. The second kappa shape index (κ2) is 14.3. The molecule has 5 aromatic rings. The predicted molar refractivity (Wildman–Crippen MR) is 180 cm³/mol. The van der Waals surface area contributed by atoms with Crippen LogP contribution in [0.2, 0.25) is 5.02 Å². The SMILES string of the molecule is CCOc1cc(/C=N\NC(=O)c2ccc(NC(=O)c3sc4cc(Br)ccc4c3Cl)cc2)ccc1OC(=O)c1ccc([N+](=O)[O-])cc1. The number of benzene rings is 4. The van der Waals surface area contributed by atoms with Gasteiger partial charge in [0.25, 0.3) is 17.5 Å². The van der Waals surface area contributed by atoms with Gasteiger partial charge in [0, 0.05) is 37.9 Å². The van der Waals surface area contributed by atoms with Gasteiger partial charge in [-0.2, -0.15) is 5.10 Å². The van der Waals surface area contributed by atoms with Crippen LogP contribution in [0.5, 0.6) is 11.5 Å². The van der Waals surface area contributed by atoms with E-state index in [4.69, 9.17) is 21.1 Å². The van der Waals surface area contributed by atoms with Crippen molar-refractivity contribution in [3.63, 3.8) is 0 Å². The monoisotopic (exact) mass is 720 g/mol. The van der Waals surface area contributed by atoms with E-state index in [0.717, 1.165) is 14.6 Å². The Hall–Kier alpha value is -5.11. The largest absolute Gasteiger partial charge is 0.490 e. The fraction of sp³-hybridized carbons (Fsp3) is 0.0625. The topological polar surface area (TPSA) is 149 Å². The number of anilines is 1. The van der Waals surface area contributed by atoms with E-state index in [-0.39, 0.29) is 35.3 Å². The summed E-state index contributed by atoms with van der Waals surface area (Å²) in [6, 6.07) is 21.6. The molecule has 0 spiro atoms. The molecule has 11 nitrogen and oxygen atoms in total. The number of hydrazone groups is 1. The first-order valence-electron chi connectivity index (χ1n) is 13.5. The lowest BCUT2D eigenvalue weighted by Crippen LogP contribution is -2.17. The number of nitro groups is 1. The van der Waals surface area contributed by atoms with Gasteiger partial charge in [-0.05, 0) is 79.2 Å². The number of fused-ring (bicyclic) bond motifs is 1. The summed E-state index contributed by atoms with van der Waals surface area (Å²) in [5.74, 6) is -1.15. The summed E-state index contributed by atoms with van der Waals surface area (Å²) in [4.78, 5) is 48.8. The number of halogens is 2.